The van der Waals surface area contributed by atoms with E-state index in [-0.39, 0.29) is 29.8 Å². The van der Waals surface area contributed by atoms with Crippen LogP contribution in [0.5, 0.6) is 23.0 Å². The van der Waals surface area contributed by atoms with Crippen LogP contribution in [0.3, 0.4) is 0 Å². The fourth-order valence-corrected chi connectivity index (χ4v) is 3.16. The standard InChI is InChI=1S/C22H19NO9/c1-11(24)20(22(27)28)23-19(25)9-29-13-3-4-14-16(8-13)32-18(21(14)26)7-12-2-5-15-17(6-12)31-10-30-15/h2-8,11,20,24H,9-10H2,1H3,(H,23,25)(H,27,28). The summed E-state index contributed by atoms with van der Waals surface area (Å²) in [5.74, 6) is -0.538. The summed E-state index contributed by atoms with van der Waals surface area (Å²) in [6.45, 7) is 0.916. The van der Waals surface area contributed by atoms with Crippen LogP contribution in [0.25, 0.3) is 6.08 Å². The molecular weight excluding hydrogens is 422 g/mol. The van der Waals surface area contributed by atoms with Gasteiger partial charge in [-0.2, -0.15) is 0 Å². The Balaban J connectivity index is 1.42. The summed E-state index contributed by atoms with van der Waals surface area (Å²) in [5, 5.41) is 20.6. The minimum atomic E-state index is -1.45. The van der Waals surface area contributed by atoms with Crippen molar-refractivity contribution < 1.29 is 43.5 Å². The van der Waals surface area contributed by atoms with E-state index in [9.17, 15) is 19.5 Å². The van der Waals surface area contributed by atoms with Crippen molar-refractivity contribution in [2.45, 2.75) is 19.1 Å². The minimum Gasteiger partial charge on any atom is -0.484 e. The Bertz CT molecular complexity index is 1120. The summed E-state index contributed by atoms with van der Waals surface area (Å²) >= 11 is 0. The van der Waals surface area contributed by atoms with Gasteiger partial charge in [-0.3, -0.25) is 9.59 Å². The van der Waals surface area contributed by atoms with Crippen LogP contribution in [-0.2, 0) is 9.59 Å². The number of hydrogen-bond donors (Lipinski definition) is 3. The van der Waals surface area contributed by atoms with Crippen molar-refractivity contribution in [3.05, 3.63) is 53.3 Å². The molecule has 0 saturated carbocycles. The lowest BCUT2D eigenvalue weighted by Crippen LogP contribution is -2.49. The maximum absolute atomic E-state index is 12.6. The lowest BCUT2D eigenvalue weighted by molar-refractivity contribution is -0.145. The van der Waals surface area contributed by atoms with E-state index in [1.54, 1.807) is 24.3 Å². The topological polar surface area (TPSA) is 141 Å². The van der Waals surface area contributed by atoms with Gasteiger partial charge in [0.2, 0.25) is 12.6 Å². The smallest absolute Gasteiger partial charge is 0.328 e. The molecule has 3 N–H and O–H groups in total. The molecule has 2 aromatic rings. The zero-order valence-electron chi connectivity index (χ0n) is 16.9. The number of benzene rings is 2. The molecule has 2 heterocycles. The molecule has 2 unspecified atom stereocenters. The van der Waals surface area contributed by atoms with E-state index in [1.165, 1.54) is 25.1 Å². The average Bonchev–Trinajstić information content (AvgIpc) is 3.34. The molecule has 10 nitrogen and oxygen atoms in total. The van der Waals surface area contributed by atoms with Crippen LogP contribution >= 0.6 is 0 Å². The van der Waals surface area contributed by atoms with E-state index in [0.717, 1.165) is 0 Å². The van der Waals surface area contributed by atoms with Crippen LogP contribution in [0.2, 0.25) is 0 Å². The van der Waals surface area contributed by atoms with E-state index < -0.39 is 30.6 Å². The van der Waals surface area contributed by atoms with Crippen molar-refractivity contribution >= 4 is 23.7 Å². The number of Topliss-reactive ketones (excluding diaryl/α,β-unsaturated/α-hetero) is 1. The third-order valence-corrected chi connectivity index (χ3v) is 4.77. The Morgan fingerprint density at radius 2 is 1.94 bits per heavy atom. The molecule has 0 spiro atoms. The molecule has 2 aliphatic heterocycles. The summed E-state index contributed by atoms with van der Waals surface area (Å²) < 4.78 is 21.6. The van der Waals surface area contributed by atoms with Crippen molar-refractivity contribution in [2.24, 2.45) is 0 Å². The van der Waals surface area contributed by atoms with Gasteiger partial charge in [0.25, 0.3) is 5.91 Å². The largest absolute Gasteiger partial charge is 0.484 e. The first kappa shape index (κ1) is 21.2. The van der Waals surface area contributed by atoms with E-state index in [2.05, 4.69) is 5.32 Å². The van der Waals surface area contributed by atoms with Crippen molar-refractivity contribution in [3.8, 4) is 23.0 Å². The fourth-order valence-electron chi connectivity index (χ4n) is 3.16. The molecule has 10 heteroatoms. The first-order chi connectivity index (χ1) is 15.3. The molecule has 0 saturated heterocycles. The Morgan fingerprint density at radius 3 is 2.69 bits per heavy atom. The highest BCUT2D eigenvalue weighted by molar-refractivity contribution is 6.14. The summed E-state index contributed by atoms with van der Waals surface area (Å²) in [6.07, 6.45) is 0.311. The number of aliphatic hydroxyl groups is 1. The number of aliphatic hydroxyl groups excluding tert-OH is 1. The van der Waals surface area contributed by atoms with E-state index in [1.807, 2.05) is 0 Å². The number of aliphatic carboxylic acids is 1. The van der Waals surface area contributed by atoms with Crippen molar-refractivity contribution in [1.82, 2.24) is 5.32 Å². The SMILES string of the molecule is CC(O)C(NC(=O)COc1ccc2c(c1)OC(=Cc1ccc3c(c1)OCO3)C2=O)C(=O)O. The molecule has 0 bridgehead atoms. The van der Waals surface area contributed by atoms with Crippen LogP contribution in [0.4, 0.5) is 0 Å². The van der Waals surface area contributed by atoms with Crippen molar-refractivity contribution in [2.75, 3.05) is 13.4 Å². The Morgan fingerprint density at radius 1 is 1.16 bits per heavy atom. The number of rotatable bonds is 7. The van der Waals surface area contributed by atoms with Gasteiger partial charge in [0, 0.05) is 6.07 Å². The van der Waals surface area contributed by atoms with Crippen LogP contribution in [0.15, 0.2) is 42.2 Å². The predicted molar refractivity (Wildman–Crippen MR) is 109 cm³/mol. The third-order valence-electron chi connectivity index (χ3n) is 4.77. The number of carbonyl (C=O) groups is 3. The number of carbonyl (C=O) groups excluding carboxylic acids is 2. The lowest BCUT2D eigenvalue weighted by atomic mass is 10.1. The highest BCUT2D eigenvalue weighted by atomic mass is 16.7. The maximum atomic E-state index is 12.6. The van der Waals surface area contributed by atoms with Crippen LogP contribution in [0.1, 0.15) is 22.8 Å². The van der Waals surface area contributed by atoms with Gasteiger partial charge in [-0.1, -0.05) is 6.07 Å². The third kappa shape index (κ3) is 4.35. The van der Waals surface area contributed by atoms with Crippen LogP contribution in [-0.4, -0.2) is 53.4 Å². The lowest BCUT2D eigenvalue weighted by Gasteiger charge is -2.17. The zero-order chi connectivity index (χ0) is 22.8. The predicted octanol–water partition coefficient (Wildman–Crippen LogP) is 1.36. The van der Waals surface area contributed by atoms with Gasteiger partial charge in [-0.05, 0) is 42.8 Å². The second-order valence-electron chi connectivity index (χ2n) is 7.12. The molecule has 4 rings (SSSR count). The summed E-state index contributed by atoms with van der Waals surface area (Å²) in [5.41, 5.74) is 1.04. The highest BCUT2D eigenvalue weighted by Crippen LogP contribution is 2.37. The fraction of sp³-hybridized carbons (Fsp3) is 0.227. The Kier molecular flexibility index (Phi) is 5.69. The number of allylic oxidation sites excluding steroid dienone is 1. The van der Waals surface area contributed by atoms with E-state index in [4.69, 9.17) is 24.1 Å². The number of ketones is 1. The summed E-state index contributed by atoms with van der Waals surface area (Å²) in [4.78, 5) is 35.6. The molecule has 2 aromatic carbocycles. The normalized spacial score (nSPS) is 16.8. The molecule has 2 aliphatic rings. The molecule has 32 heavy (non-hydrogen) atoms. The monoisotopic (exact) mass is 441 g/mol. The molecule has 1 amide bonds. The first-order valence-electron chi connectivity index (χ1n) is 9.63. The molecule has 0 radical (unpaired) electrons. The number of hydrogen-bond acceptors (Lipinski definition) is 8. The van der Waals surface area contributed by atoms with Gasteiger partial charge in [-0.15, -0.1) is 0 Å². The second-order valence-corrected chi connectivity index (χ2v) is 7.12. The molecule has 0 aliphatic carbocycles. The number of fused-ring (bicyclic) bond motifs is 2. The molecule has 0 fully saturated rings. The van der Waals surface area contributed by atoms with Gasteiger partial charge in [0.15, 0.2) is 29.9 Å². The quantitative estimate of drug-likeness (QED) is 0.543. The zero-order valence-corrected chi connectivity index (χ0v) is 16.9. The average molecular weight is 441 g/mol. The Labute approximate surface area is 182 Å². The van der Waals surface area contributed by atoms with Crippen LogP contribution in [0, 0.1) is 0 Å². The molecule has 0 aromatic heterocycles. The second kappa shape index (κ2) is 8.60. The molecule has 166 valence electrons. The minimum absolute atomic E-state index is 0.120. The van der Waals surface area contributed by atoms with E-state index >= 15 is 0 Å². The number of carboxylic acids is 1. The van der Waals surface area contributed by atoms with Crippen LogP contribution < -0.4 is 24.3 Å². The van der Waals surface area contributed by atoms with Gasteiger partial charge >= 0.3 is 5.97 Å². The number of amides is 1. The van der Waals surface area contributed by atoms with E-state index in [0.29, 0.717) is 22.6 Å². The number of nitrogens with one attached hydrogen (secondary N) is 1. The summed E-state index contributed by atoms with van der Waals surface area (Å²) in [7, 11) is 0. The van der Waals surface area contributed by atoms with Gasteiger partial charge in [0.1, 0.15) is 11.5 Å². The first-order valence-corrected chi connectivity index (χ1v) is 9.63. The number of ether oxygens (including phenoxy) is 4. The highest BCUT2D eigenvalue weighted by Gasteiger charge is 2.28. The van der Waals surface area contributed by atoms with Gasteiger partial charge in [-0.25, -0.2) is 4.79 Å². The molecular formula is C22H19NO9. The van der Waals surface area contributed by atoms with Crippen molar-refractivity contribution in [1.29, 1.82) is 0 Å². The van der Waals surface area contributed by atoms with Gasteiger partial charge in [0.05, 0.1) is 11.7 Å². The Hall–Kier alpha value is -4.05. The maximum Gasteiger partial charge on any atom is 0.328 e. The van der Waals surface area contributed by atoms with Gasteiger partial charge < -0.3 is 34.5 Å². The number of carboxylic acid groups (broad SMARTS) is 1. The summed E-state index contributed by atoms with van der Waals surface area (Å²) in [6, 6.07) is 8.28. The molecule has 2 atom stereocenters. The van der Waals surface area contributed by atoms with Crippen molar-refractivity contribution in [3.63, 3.8) is 0 Å².